The van der Waals surface area contributed by atoms with Crippen molar-refractivity contribution in [2.75, 3.05) is 18.1 Å². The molecule has 0 saturated carbocycles. The van der Waals surface area contributed by atoms with E-state index in [0.29, 0.717) is 0 Å². The maximum Gasteiger partial charge on any atom is 0.224 e. The number of fused-ring (bicyclic) bond motifs is 1. The molecule has 10 heteroatoms. The van der Waals surface area contributed by atoms with Crippen molar-refractivity contribution in [1.29, 1.82) is 0 Å². The molecule has 1 aliphatic rings. The Morgan fingerprint density at radius 2 is 2.15 bits per heavy atom. The zero-order valence-electron chi connectivity index (χ0n) is 10.2. The molecule has 2 unspecified atom stereocenters. The Morgan fingerprint density at radius 3 is 2.80 bits per heavy atom. The topological polar surface area (TPSA) is 145 Å². The summed E-state index contributed by atoms with van der Waals surface area (Å²) in [5.74, 6) is -0.0108. The number of rotatable bonds is 2. The fraction of sp³-hybridized carbons (Fsp3) is 0.500. The van der Waals surface area contributed by atoms with E-state index in [9.17, 15) is 9.50 Å². The van der Waals surface area contributed by atoms with Crippen molar-refractivity contribution in [2.45, 2.75) is 24.6 Å². The molecule has 1 saturated heterocycles. The number of nitrogens with two attached hydrogens (primary N) is 2. The fourth-order valence-corrected chi connectivity index (χ4v) is 2.22. The van der Waals surface area contributed by atoms with Gasteiger partial charge >= 0.3 is 0 Å². The third-order valence-corrected chi connectivity index (χ3v) is 3.21. The minimum atomic E-state index is -1.73. The van der Waals surface area contributed by atoms with Crippen LogP contribution < -0.4 is 11.5 Å². The van der Waals surface area contributed by atoms with Gasteiger partial charge in [0.05, 0.1) is 12.9 Å². The number of ether oxygens (including phenoxy) is 1. The van der Waals surface area contributed by atoms with E-state index in [0.717, 1.165) is 0 Å². The van der Waals surface area contributed by atoms with E-state index < -0.39 is 31.2 Å². The summed E-state index contributed by atoms with van der Waals surface area (Å²) < 4.78 is 20.6. The third-order valence-electron chi connectivity index (χ3n) is 3.21. The lowest BCUT2D eigenvalue weighted by Gasteiger charge is -2.15. The molecular formula is C10H13FN6O3. The summed E-state index contributed by atoms with van der Waals surface area (Å²) in [6.07, 6.45) is -4.07. The number of anilines is 2. The van der Waals surface area contributed by atoms with E-state index in [4.69, 9.17) is 21.3 Å². The molecule has 2 aromatic heterocycles. The number of hydrogen-bond donors (Lipinski definition) is 4. The minimum absolute atomic E-state index is 0.0684. The van der Waals surface area contributed by atoms with Gasteiger partial charge in [0.15, 0.2) is 23.9 Å². The van der Waals surface area contributed by atoms with Crippen LogP contribution in [0.25, 0.3) is 11.2 Å². The molecule has 108 valence electrons. The maximum atomic E-state index is 14.1. The lowest BCUT2D eigenvalue weighted by Crippen LogP contribution is -2.30. The zero-order valence-corrected chi connectivity index (χ0v) is 10.2. The standard InChI is InChI=1S/C10H13FN6O3/c11-4-6(19)3(1-18)20-9(4)17-2-14-5-7(12)15-10(13)16-8(5)17/h2-4,6,9,18-19H,1H2,(H4,12,13,15,16)/t3-,4?,6?,9-/m1/s1. The Morgan fingerprint density at radius 1 is 1.40 bits per heavy atom. The normalized spacial score (nSPS) is 30.1. The average molecular weight is 284 g/mol. The molecule has 0 bridgehead atoms. The molecule has 9 nitrogen and oxygen atoms in total. The third kappa shape index (κ3) is 1.77. The summed E-state index contributed by atoms with van der Waals surface area (Å²) >= 11 is 0. The van der Waals surface area contributed by atoms with Crippen LogP contribution in [-0.4, -0.2) is 54.7 Å². The Hall–Kier alpha value is -2.04. The van der Waals surface area contributed by atoms with E-state index in [1.54, 1.807) is 0 Å². The molecule has 0 aromatic carbocycles. The first-order valence-corrected chi connectivity index (χ1v) is 5.87. The van der Waals surface area contributed by atoms with Crippen LogP contribution in [0.1, 0.15) is 6.23 Å². The zero-order chi connectivity index (χ0) is 14.4. The van der Waals surface area contributed by atoms with Crippen LogP contribution in [0, 0.1) is 0 Å². The smallest absolute Gasteiger partial charge is 0.224 e. The van der Waals surface area contributed by atoms with Crippen molar-refractivity contribution < 1.29 is 19.3 Å². The molecule has 3 heterocycles. The van der Waals surface area contributed by atoms with Crippen LogP contribution in [0.4, 0.5) is 16.2 Å². The summed E-state index contributed by atoms with van der Waals surface area (Å²) in [5.41, 5.74) is 11.6. The maximum absolute atomic E-state index is 14.1. The monoisotopic (exact) mass is 284 g/mol. The quantitative estimate of drug-likeness (QED) is 0.525. The van der Waals surface area contributed by atoms with Crippen molar-refractivity contribution in [3.63, 3.8) is 0 Å². The van der Waals surface area contributed by atoms with Crippen LogP contribution in [0.5, 0.6) is 0 Å². The molecule has 2 aromatic rings. The van der Waals surface area contributed by atoms with Crippen molar-refractivity contribution in [2.24, 2.45) is 0 Å². The highest BCUT2D eigenvalue weighted by atomic mass is 19.1. The summed E-state index contributed by atoms with van der Waals surface area (Å²) in [4.78, 5) is 11.7. The summed E-state index contributed by atoms with van der Waals surface area (Å²) in [7, 11) is 0. The average Bonchev–Trinajstić information content (AvgIpc) is 2.93. The Bertz CT molecular complexity index is 649. The highest BCUT2D eigenvalue weighted by Crippen LogP contribution is 2.33. The van der Waals surface area contributed by atoms with Crippen LogP contribution in [0.15, 0.2) is 6.33 Å². The number of aliphatic hydroxyl groups excluding tert-OH is 2. The Labute approximate surface area is 112 Å². The van der Waals surface area contributed by atoms with Gasteiger partial charge in [0.25, 0.3) is 0 Å². The van der Waals surface area contributed by atoms with Crippen LogP contribution in [-0.2, 0) is 4.74 Å². The molecule has 1 fully saturated rings. The summed E-state index contributed by atoms with van der Waals surface area (Å²) in [6, 6.07) is 0. The Kier molecular flexibility index (Phi) is 2.92. The van der Waals surface area contributed by atoms with Gasteiger partial charge < -0.3 is 26.4 Å². The first kappa shape index (κ1) is 13.0. The molecule has 0 aliphatic carbocycles. The van der Waals surface area contributed by atoms with Gasteiger partial charge in [-0.25, -0.2) is 9.37 Å². The molecule has 4 atom stereocenters. The van der Waals surface area contributed by atoms with Gasteiger partial charge in [-0.1, -0.05) is 0 Å². The van der Waals surface area contributed by atoms with E-state index in [1.165, 1.54) is 10.9 Å². The number of imidazole rings is 1. The van der Waals surface area contributed by atoms with E-state index in [-0.39, 0.29) is 22.9 Å². The Balaban J connectivity index is 2.07. The van der Waals surface area contributed by atoms with Gasteiger partial charge in [-0.05, 0) is 0 Å². The van der Waals surface area contributed by atoms with Crippen LogP contribution >= 0.6 is 0 Å². The summed E-state index contributed by atoms with van der Waals surface area (Å²) in [6.45, 7) is -0.496. The minimum Gasteiger partial charge on any atom is -0.394 e. The van der Waals surface area contributed by atoms with Gasteiger partial charge in [-0.3, -0.25) is 4.57 Å². The van der Waals surface area contributed by atoms with Gasteiger partial charge in [-0.15, -0.1) is 0 Å². The second kappa shape index (κ2) is 4.51. The molecular weight excluding hydrogens is 271 g/mol. The second-order valence-corrected chi connectivity index (χ2v) is 4.47. The highest BCUT2D eigenvalue weighted by Gasteiger charge is 2.45. The molecule has 3 rings (SSSR count). The number of hydrogen-bond acceptors (Lipinski definition) is 8. The molecule has 20 heavy (non-hydrogen) atoms. The summed E-state index contributed by atoms with van der Waals surface area (Å²) in [5, 5.41) is 18.7. The van der Waals surface area contributed by atoms with Gasteiger partial charge in [-0.2, -0.15) is 9.97 Å². The van der Waals surface area contributed by atoms with Gasteiger partial charge in [0, 0.05) is 0 Å². The predicted molar refractivity (Wildman–Crippen MR) is 66.0 cm³/mol. The van der Waals surface area contributed by atoms with Gasteiger partial charge in [0.1, 0.15) is 17.7 Å². The fourth-order valence-electron chi connectivity index (χ4n) is 2.22. The molecule has 6 N–H and O–H groups in total. The van der Waals surface area contributed by atoms with Crippen molar-refractivity contribution >= 4 is 22.9 Å². The van der Waals surface area contributed by atoms with E-state index >= 15 is 0 Å². The molecule has 0 amide bonds. The predicted octanol–water partition coefficient (Wildman–Crippen LogP) is -1.42. The van der Waals surface area contributed by atoms with Crippen LogP contribution in [0.2, 0.25) is 0 Å². The first-order valence-electron chi connectivity index (χ1n) is 5.87. The number of alkyl halides is 1. The van der Waals surface area contributed by atoms with E-state index in [2.05, 4.69) is 15.0 Å². The largest absolute Gasteiger partial charge is 0.394 e. The van der Waals surface area contributed by atoms with Crippen molar-refractivity contribution in [1.82, 2.24) is 19.5 Å². The van der Waals surface area contributed by atoms with Crippen molar-refractivity contribution in [3.8, 4) is 0 Å². The van der Waals surface area contributed by atoms with Crippen molar-refractivity contribution in [3.05, 3.63) is 6.33 Å². The molecule has 0 spiro atoms. The number of aliphatic hydroxyl groups is 2. The number of nitrogen functional groups attached to an aromatic ring is 2. The first-order chi connectivity index (χ1) is 9.52. The van der Waals surface area contributed by atoms with Crippen LogP contribution in [0.3, 0.4) is 0 Å². The molecule has 0 radical (unpaired) electrons. The SMILES string of the molecule is Nc1nc(N)c2ncn([C@@H]3O[C@H](CO)C(O)C3F)c2n1. The van der Waals surface area contributed by atoms with E-state index in [1.807, 2.05) is 0 Å². The lowest BCUT2D eigenvalue weighted by molar-refractivity contribution is -0.0459. The number of halogens is 1. The van der Waals surface area contributed by atoms with Gasteiger partial charge in [0.2, 0.25) is 5.95 Å². The number of aromatic nitrogens is 4. The lowest BCUT2D eigenvalue weighted by atomic mass is 10.1. The number of nitrogens with zero attached hydrogens (tertiary/aromatic N) is 4. The highest BCUT2D eigenvalue weighted by molar-refractivity contribution is 5.82. The molecule has 1 aliphatic heterocycles. The second-order valence-electron chi connectivity index (χ2n) is 4.47.